The Bertz CT molecular complexity index is 68.1. The van der Waals surface area contributed by atoms with Crippen molar-refractivity contribution in [3.63, 3.8) is 0 Å². The molecule has 37 valence electrons. The topological polar surface area (TPSA) is 0 Å². The summed E-state index contributed by atoms with van der Waals surface area (Å²) in [5, 5.41) is 0. The summed E-state index contributed by atoms with van der Waals surface area (Å²) >= 11 is 0. The molecule has 0 spiro atoms. The summed E-state index contributed by atoms with van der Waals surface area (Å²) < 4.78 is 0. The van der Waals surface area contributed by atoms with Gasteiger partial charge in [0.1, 0.15) is 0 Å². The molecule has 0 saturated carbocycles. The van der Waals surface area contributed by atoms with Crippen LogP contribution in [0.25, 0.3) is 0 Å². The van der Waals surface area contributed by atoms with Crippen LogP contribution < -0.4 is 0 Å². The van der Waals surface area contributed by atoms with Gasteiger partial charge in [-0.25, -0.2) is 0 Å². The number of hydrogen-bond acceptors (Lipinski definition) is 0. The minimum atomic E-state index is 0.824. The van der Waals surface area contributed by atoms with Crippen LogP contribution in [0.4, 0.5) is 0 Å². The molecular formula is C7H9. The first kappa shape index (κ1) is 6.48. The Morgan fingerprint density at radius 2 is 2.14 bits per heavy atom. The van der Waals surface area contributed by atoms with Crippen LogP contribution in [-0.2, 0) is 0 Å². The van der Waals surface area contributed by atoms with Crippen molar-refractivity contribution in [2.45, 2.75) is 6.42 Å². The van der Waals surface area contributed by atoms with E-state index in [0.29, 0.717) is 0 Å². The van der Waals surface area contributed by atoms with Gasteiger partial charge in [-0.05, 0) is 20.3 Å². The Labute approximate surface area is 45.5 Å². The average molecular weight is 93.1 g/mol. The summed E-state index contributed by atoms with van der Waals surface area (Å²) in [5.41, 5.74) is 0. The largest absolute Gasteiger partial charge is 0.0845 e. The highest BCUT2D eigenvalue weighted by Gasteiger charge is 1.58. The summed E-state index contributed by atoms with van der Waals surface area (Å²) in [7, 11) is 0. The fraction of sp³-hybridized carbons (Fsp3) is 0.143. The maximum absolute atomic E-state index is 5.02. The molecule has 0 aromatic rings. The molecule has 3 radical (unpaired) electrons. The zero-order chi connectivity index (χ0) is 5.54. The van der Waals surface area contributed by atoms with E-state index in [1.54, 1.807) is 6.08 Å². The SMILES string of the molecule is [CH]/C=C/C=C/C[CH2]. The molecular weight excluding hydrogens is 84.1 g/mol. The molecule has 0 aliphatic carbocycles. The highest BCUT2D eigenvalue weighted by atomic mass is 13.6. The molecule has 0 rings (SSSR count). The predicted molar refractivity (Wildman–Crippen MR) is 32.6 cm³/mol. The normalized spacial score (nSPS) is 11.7. The third kappa shape index (κ3) is 5.48. The van der Waals surface area contributed by atoms with E-state index >= 15 is 0 Å². The Morgan fingerprint density at radius 3 is 2.57 bits per heavy atom. The standard InChI is InChI=1S/C7H9/c1-3-5-7-6-4-2/h1,3,5-7H,2,4H2/b5-3+,7-6+. The number of allylic oxidation sites excluding steroid dienone is 4. The third-order valence-electron chi connectivity index (χ3n) is 0.525. The third-order valence-corrected chi connectivity index (χ3v) is 0.525. The van der Waals surface area contributed by atoms with E-state index in [2.05, 4.69) is 6.92 Å². The van der Waals surface area contributed by atoms with Gasteiger partial charge < -0.3 is 0 Å². The molecule has 0 amide bonds. The Morgan fingerprint density at radius 1 is 1.43 bits per heavy atom. The van der Waals surface area contributed by atoms with E-state index in [9.17, 15) is 0 Å². The molecule has 0 unspecified atom stereocenters. The van der Waals surface area contributed by atoms with Crippen LogP contribution in [0.3, 0.4) is 0 Å². The van der Waals surface area contributed by atoms with E-state index in [1.165, 1.54) is 6.08 Å². The lowest BCUT2D eigenvalue weighted by molar-refractivity contribution is 1.40. The van der Waals surface area contributed by atoms with Gasteiger partial charge in [0, 0.05) is 0 Å². The van der Waals surface area contributed by atoms with Crippen LogP contribution in [0.1, 0.15) is 6.42 Å². The lowest BCUT2D eigenvalue weighted by Crippen LogP contribution is -1.49. The van der Waals surface area contributed by atoms with E-state index in [0.717, 1.165) is 6.42 Å². The zero-order valence-electron chi connectivity index (χ0n) is 4.30. The molecule has 0 heteroatoms. The molecule has 0 bridgehead atoms. The van der Waals surface area contributed by atoms with Crippen molar-refractivity contribution < 1.29 is 0 Å². The quantitative estimate of drug-likeness (QED) is 0.458. The zero-order valence-corrected chi connectivity index (χ0v) is 4.30. The van der Waals surface area contributed by atoms with E-state index in [-0.39, 0.29) is 0 Å². The van der Waals surface area contributed by atoms with Gasteiger partial charge in [0.25, 0.3) is 0 Å². The molecule has 0 nitrogen and oxygen atoms in total. The second kappa shape index (κ2) is 5.48. The van der Waals surface area contributed by atoms with Crippen LogP contribution in [0.15, 0.2) is 24.3 Å². The summed E-state index contributed by atoms with van der Waals surface area (Å²) in [4.78, 5) is 0. The van der Waals surface area contributed by atoms with Crippen molar-refractivity contribution >= 4 is 0 Å². The maximum Gasteiger partial charge on any atom is -0.00925 e. The van der Waals surface area contributed by atoms with Gasteiger partial charge >= 0.3 is 0 Å². The van der Waals surface area contributed by atoms with Gasteiger partial charge in [-0.3, -0.25) is 0 Å². The first-order valence-electron chi connectivity index (χ1n) is 2.24. The second-order valence-corrected chi connectivity index (χ2v) is 1.10. The summed E-state index contributed by atoms with van der Waals surface area (Å²) in [6, 6.07) is 0. The fourth-order valence-corrected chi connectivity index (χ4v) is 0.239. The average Bonchev–Trinajstić information content (AvgIpc) is 1.69. The maximum atomic E-state index is 5.02. The van der Waals surface area contributed by atoms with Crippen LogP contribution in [0, 0.1) is 13.8 Å². The van der Waals surface area contributed by atoms with Gasteiger partial charge in [0.15, 0.2) is 0 Å². The van der Waals surface area contributed by atoms with E-state index in [4.69, 9.17) is 6.92 Å². The molecule has 0 aromatic carbocycles. The minimum Gasteiger partial charge on any atom is -0.0845 e. The van der Waals surface area contributed by atoms with Gasteiger partial charge in [-0.1, -0.05) is 24.3 Å². The van der Waals surface area contributed by atoms with Gasteiger partial charge in [-0.15, -0.1) is 0 Å². The Balaban J connectivity index is 3.09. The lowest BCUT2D eigenvalue weighted by atomic mass is 10.4. The molecule has 0 heterocycles. The molecule has 0 aliphatic heterocycles. The van der Waals surface area contributed by atoms with Crippen LogP contribution in [-0.4, -0.2) is 0 Å². The van der Waals surface area contributed by atoms with Crippen molar-refractivity contribution in [2.75, 3.05) is 0 Å². The molecule has 0 saturated heterocycles. The number of hydrogen-bond donors (Lipinski definition) is 0. The van der Waals surface area contributed by atoms with Crippen molar-refractivity contribution in [1.82, 2.24) is 0 Å². The van der Waals surface area contributed by atoms with Crippen LogP contribution in [0.2, 0.25) is 0 Å². The van der Waals surface area contributed by atoms with Crippen molar-refractivity contribution in [1.29, 1.82) is 0 Å². The predicted octanol–water partition coefficient (Wildman–Crippen LogP) is 2.03. The smallest absolute Gasteiger partial charge is 0.00925 e. The highest BCUT2D eigenvalue weighted by Crippen LogP contribution is 1.78. The number of rotatable bonds is 2. The monoisotopic (exact) mass is 93.1 g/mol. The van der Waals surface area contributed by atoms with Crippen molar-refractivity contribution in [3.8, 4) is 0 Å². The second-order valence-electron chi connectivity index (χ2n) is 1.10. The summed E-state index contributed by atoms with van der Waals surface area (Å²) in [5.74, 6) is 0. The first-order chi connectivity index (χ1) is 3.41. The van der Waals surface area contributed by atoms with Gasteiger partial charge in [-0.2, -0.15) is 0 Å². The van der Waals surface area contributed by atoms with Gasteiger partial charge in [0.05, 0.1) is 0 Å². The summed E-state index contributed by atoms with van der Waals surface area (Å²) in [6.45, 7) is 8.61. The molecule has 0 atom stereocenters. The molecule has 0 fully saturated rings. The van der Waals surface area contributed by atoms with Crippen LogP contribution >= 0.6 is 0 Å². The lowest BCUT2D eigenvalue weighted by Gasteiger charge is -1.70. The van der Waals surface area contributed by atoms with E-state index in [1.807, 2.05) is 12.2 Å². The molecule has 0 aromatic heterocycles. The minimum absolute atomic E-state index is 0.824. The van der Waals surface area contributed by atoms with Crippen LogP contribution in [0.5, 0.6) is 0 Å². The van der Waals surface area contributed by atoms with E-state index < -0.39 is 0 Å². The molecule has 7 heavy (non-hydrogen) atoms. The fourth-order valence-electron chi connectivity index (χ4n) is 0.239. The Kier molecular flexibility index (Phi) is 5.07. The first-order valence-corrected chi connectivity index (χ1v) is 2.24. The van der Waals surface area contributed by atoms with Gasteiger partial charge in [0.2, 0.25) is 0 Å². The summed E-state index contributed by atoms with van der Waals surface area (Å²) in [6.07, 6.45) is 7.89. The highest BCUT2D eigenvalue weighted by molar-refractivity contribution is 5.03. The van der Waals surface area contributed by atoms with Crippen molar-refractivity contribution in [3.05, 3.63) is 38.2 Å². The molecule has 0 N–H and O–H groups in total. The molecule has 0 aliphatic rings. The Hall–Kier alpha value is -0.520. The van der Waals surface area contributed by atoms with Crippen molar-refractivity contribution in [2.24, 2.45) is 0 Å².